The number of amides is 1. The first kappa shape index (κ1) is 22.4. The van der Waals surface area contributed by atoms with Crippen LogP contribution >= 0.6 is 0 Å². The fourth-order valence-corrected chi connectivity index (χ4v) is 3.38. The number of hydrogen-bond donors (Lipinski definition) is 1. The SMILES string of the molecule is CCOC(=O)c1ccccc1-n1c(C)cc(/C=N\NC(=O)c2ccccc2[N+](=O)[O-])c1C. The predicted molar refractivity (Wildman–Crippen MR) is 119 cm³/mol. The summed E-state index contributed by atoms with van der Waals surface area (Å²) in [6, 6.07) is 14.6. The standard InChI is InChI=1S/C23H22N4O5/c1-4-32-23(29)19-10-6-7-11-20(19)26-15(2)13-17(16(26)3)14-24-25-22(28)18-9-5-8-12-21(18)27(30)31/h5-14H,4H2,1-3H3,(H,25,28)/b24-14-. The van der Waals surface area contributed by atoms with Crippen molar-refractivity contribution >= 4 is 23.8 Å². The summed E-state index contributed by atoms with van der Waals surface area (Å²) in [5.74, 6) is -1.10. The summed E-state index contributed by atoms with van der Waals surface area (Å²) in [5, 5.41) is 15.1. The minimum absolute atomic E-state index is 0.0801. The monoisotopic (exact) mass is 434 g/mol. The van der Waals surface area contributed by atoms with Gasteiger partial charge in [0.15, 0.2) is 0 Å². The minimum Gasteiger partial charge on any atom is -0.462 e. The van der Waals surface area contributed by atoms with Gasteiger partial charge in [0.2, 0.25) is 0 Å². The van der Waals surface area contributed by atoms with Gasteiger partial charge in [0.05, 0.1) is 29.0 Å². The smallest absolute Gasteiger partial charge is 0.340 e. The number of ether oxygens (including phenoxy) is 1. The Hall–Kier alpha value is -4.27. The Morgan fingerprint density at radius 1 is 1.12 bits per heavy atom. The van der Waals surface area contributed by atoms with E-state index in [2.05, 4.69) is 10.5 Å². The van der Waals surface area contributed by atoms with Crippen LogP contribution in [-0.4, -0.2) is 34.2 Å². The van der Waals surface area contributed by atoms with Crippen molar-refractivity contribution in [3.8, 4) is 5.69 Å². The average molecular weight is 434 g/mol. The third-order valence-electron chi connectivity index (χ3n) is 4.83. The zero-order valence-electron chi connectivity index (χ0n) is 17.9. The van der Waals surface area contributed by atoms with E-state index in [1.54, 1.807) is 25.1 Å². The normalized spacial score (nSPS) is 10.8. The minimum atomic E-state index is -0.685. The maximum Gasteiger partial charge on any atom is 0.340 e. The number of carbonyl (C=O) groups excluding carboxylic acids is 2. The second kappa shape index (κ2) is 9.69. The number of rotatable bonds is 7. The van der Waals surface area contributed by atoms with Gasteiger partial charge in [-0.1, -0.05) is 24.3 Å². The number of benzene rings is 2. The molecule has 0 radical (unpaired) electrons. The third-order valence-corrected chi connectivity index (χ3v) is 4.83. The van der Waals surface area contributed by atoms with Crippen molar-refractivity contribution in [2.75, 3.05) is 6.61 Å². The number of nitrogens with one attached hydrogen (secondary N) is 1. The third kappa shape index (κ3) is 4.56. The highest BCUT2D eigenvalue weighted by Gasteiger charge is 2.19. The van der Waals surface area contributed by atoms with E-state index in [0.29, 0.717) is 16.8 Å². The molecule has 0 unspecified atom stereocenters. The lowest BCUT2D eigenvalue weighted by Gasteiger charge is -2.14. The molecule has 0 atom stereocenters. The van der Waals surface area contributed by atoms with Crippen LogP contribution < -0.4 is 5.43 Å². The first-order valence-electron chi connectivity index (χ1n) is 9.87. The Bertz CT molecular complexity index is 1210. The van der Waals surface area contributed by atoms with Gasteiger partial charge in [-0.15, -0.1) is 0 Å². The summed E-state index contributed by atoms with van der Waals surface area (Å²) >= 11 is 0. The molecule has 0 aliphatic rings. The number of aryl methyl sites for hydroxylation is 1. The van der Waals surface area contributed by atoms with E-state index in [9.17, 15) is 19.7 Å². The second-order valence-corrected chi connectivity index (χ2v) is 6.87. The molecule has 0 bridgehead atoms. The predicted octanol–water partition coefficient (Wildman–Crippen LogP) is 3.94. The fourth-order valence-electron chi connectivity index (χ4n) is 3.38. The first-order valence-corrected chi connectivity index (χ1v) is 9.87. The van der Waals surface area contributed by atoms with Crippen LogP contribution in [0.4, 0.5) is 5.69 Å². The number of para-hydroxylation sites is 2. The number of aromatic nitrogens is 1. The van der Waals surface area contributed by atoms with Crippen molar-refractivity contribution in [2.45, 2.75) is 20.8 Å². The molecule has 1 aromatic heterocycles. The molecule has 2 aromatic carbocycles. The summed E-state index contributed by atoms with van der Waals surface area (Å²) in [6.45, 7) is 5.77. The summed E-state index contributed by atoms with van der Waals surface area (Å²) in [6.07, 6.45) is 1.46. The zero-order valence-corrected chi connectivity index (χ0v) is 17.9. The summed E-state index contributed by atoms with van der Waals surface area (Å²) in [7, 11) is 0. The number of nitro benzene ring substituents is 1. The van der Waals surface area contributed by atoms with E-state index in [1.807, 2.05) is 36.6 Å². The highest BCUT2D eigenvalue weighted by Crippen LogP contribution is 2.23. The number of hydrazone groups is 1. The number of nitro groups is 1. The fraction of sp³-hybridized carbons (Fsp3) is 0.174. The summed E-state index contributed by atoms with van der Waals surface area (Å²) < 4.78 is 7.06. The van der Waals surface area contributed by atoms with Crippen LogP contribution in [0.25, 0.3) is 5.69 Å². The molecule has 0 saturated heterocycles. The van der Waals surface area contributed by atoms with Crippen LogP contribution in [0.2, 0.25) is 0 Å². The van der Waals surface area contributed by atoms with Gasteiger partial charge >= 0.3 is 5.97 Å². The number of hydrogen-bond acceptors (Lipinski definition) is 6. The Balaban J connectivity index is 1.87. The van der Waals surface area contributed by atoms with Crippen molar-refractivity contribution in [2.24, 2.45) is 5.10 Å². The van der Waals surface area contributed by atoms with Gasteiger partial charge in [-0.25, -0.2) is 10.2 Å². The van der Waals surface area contributed by atoms with E-state index in [-0.39, 0.29) is 17.9 Å². The lowest BCUT2D eigenvalue weighted by molar-refractivity contribution is -0.385. The van der Waals surface area contributed by atoms with Crippen molar-refractivity contribution in [3.63, 3.8) is 0 Å². The Morgan fingerprint density at radius 3 is 2.47 bits per heavy atom. The van der Waals surface area contributed by atoms with E-state index >= 15 is 0 Å². The molecule has 0 aliphatic heterocycles. The molecule has 32 heavy (non-hydrogen) atoms. The highest BCUT2D eigenvalue weighted by atomic mass is 16.6. The molecular formula is C23H22N4O5. The quantitative estimate of drug-likeness (QED) is 0.262. The van der Waals surface area contributed by atoms with E-state index in [1.165, 1.54) is 24.4 Å². The van der Waals surface area contributed by atoms with Crippen LogP contribution in [0, 0.1) is 24.0 Å². The number of carbonyl (C=O) groups is 2. The van der Waals surface area contributed by atoms with Crippen molar-refractivity contribution in [1.82, 2.24) is 9.99 Å². The van der Waals surface area contributed by atoms with E-state index in [0.717, 1.165) is 11.4 Å². The zero-order chi connectivity index (χ0) is 23.3. The Labute approximate surface area is 184 Å². The van der Waals surface area contributed by atoms with Crippen molar-refractivity contribution in [1.29, 1.82) is 0 Å². The molecular weight excluding hydrogens is 412 g/mol. The van der Waals surface area contributed by atoms with Crippen LogP contribution in [-0.2, 0) is 4.74 Å². The maximum atomic E-state index is 12.4. The molecule has 3 aromatic rings. The molecule has 0 aliphatic carbocycles. The summed E-state index contributed by atoms with van der Waals surface area (Å²) in [5.41, 5.74) is 5.41. The molecule has 9 nitrogen and oxygen atoms in total. The summed E-state index contributed by atoms with van der Waals surface area (Å²) in [4.78, 5) is 35.2. The molecule has 1 heterocycles. The number of nitrogens with zero attached hydrogens (tertiary/aromatic N) is 3. The number of esters is 1. The molecule has 0 fully saturated rings. The van der Waals surface area contributed by atoms with Gasteiger partial charge in [-0.05, 0) is 45.0 Å². The molecule has 1 N–H and O–H groups in total. The van der Waals surface area contributed by atoms with Crippen LogP contribution in [0.15, 0.2) is 59.7 Å². The van der Waals surface area contributed by atoms with Crippen LogP contribution in [0.3, 0.4) is 0 Å². The van der Waals surface area contributed by atoms with Gasteiger partial charge in [0.1, 0.15) is 5.56 Å². The largest absolute Gasteiger partial charge is 0.462 e. The first-order chi connectivity index (χ1) is 15.3. The molecule has 1 amide bonds. The Morgan fingerprint density at radius 2 is 1.78 bits per heavy atom. The van der Waals surface area contributed by atoms with Gasteiger partial charge in [0.25, 0.3) is 11.6 Å². The van der Waals surface area contributed by atoms with Gasteiger partial charge in [0, 0.05) is 23.0 Å². The lowest BCUT2D eigenvalue weighted by atomic mass is 10.1. The van der Waals surface area contributed by atoms with Crippen molar-refractivity contribution < 1.29 is 19.2 Å². The Kier molecular flexibility index (Phi) is 6.79. The van der Waals surface area contributed by atoms with Gasteiger partial charge < -0.3 is 9.30 Å². The average Bonchev–Trinajstić information content (AvgIpc) is 3.06. The van der Waals surface area contributed by atoms with E-state index < -0.39 is 16.8 Å². The van der Waals surface area contributed by atoms with E-state index in [4.69, 9.17) is 4.74 Å². The lowest BCUT2D eigenvalue weighted by Crippen LogP contribution is -2.19. The van der Waals surface area contributed by atoms with Gasteiger partial charge in [-0.3, -0.25) is 14.9 Å². The highest BCUT2D eigenvalue weighted by molar-refractivity contribution is 5.98. The van der Waals surface area contributed by atoms with Gasteiger partial charge in [-0.2, -0.15) is 5.10 Å². The molecule has 3 rings (SSSR count). The molecule has 0 saturated carbocycles. The molecule has 164 valence electrons. The second-order valence-electron chi connectivity index (χ2n) is 6.87. The van der Waals surface area contributed by atoms with Crippen LogP contribution in [0.5, 0.6) is 0 Å². The topological polar surface area (TPSA) is 116 Å². The van der Waals surface area contributed by atoms with Crippen LogP contribution in [0.1, 0.15) is 44.6 Å². The molecule has 0 spiro atoms. The maximum absolute atomic E-state index is 12.4. The molecule has 9 heteroatoms. The van der Waals surface area contributed by atoms with Crippen molar-refractivity contribution in [3.05, 3.63) is 92.8 Å².